The number of aromatic nitrogens is 4. The number of nitrogens with one attached hydrogen (secondary N) is 9. The number of rotatable bonds is 12. The van der Waals surface area contributed by atoms with Gasteiger partial charge in [-0.15, -0.1) is 0 Å². The minimum absolute atomic E-state index is 0.0112. The first-order valence-corrected chi connectivity index (χ1v) is 32.6. The van der Waals surface area contributed by atoms with Gasteiger partial charge in [0, 0.05) is 116 Å². The Bertz CT molecular complexity index is 4130. The molecule has 4 aromatic carbocycles. The number of carboxylic acids is 1. The van der Waals surface area contributed by atoms with Gasteiger partial charge in [-0.2, -0.15) is 0 Å². The quantitative estimate of drug-likeness (QED) is 0.0832. The highest BCUT2D eigenvalue weighted by atomic mass is 19.1. The van der Waals surface area contributed by atoms with Crippen molar-refractivity contribution < 1.29 is 71.4 Å². The summed E-state index contributed by atoms with van der Waals surface area (Å²) in [7, 11) is 1.47. The van der Waals surface area contributed by atoms with Crippen molar-refractivity contribution in [3.05, 3.63) is 155 Å². The molecule has 12 N–H and O–H groups in total. The van der Waals surface area contributed by atoms with Crippen molar-refractivity contribution in [2.45, 2.75) is 139 Å². The predicted molar refractivity (Wildman–Crippen MR) is 352 cm³/mol. The van der Waals surface area contributed by atoms with Crippen molar-refractivity contribution in [3.63, 3.8) is 0 Å². The molecule has 516 valence electrons. The number of fused-ring (bicyclic) bond motifs is 4. The molecule has 12 rings (SSSR count). The number of halogens is 2. The number of H-pyrrole nitrogens is 3. The van der Waals surface area contributed by atoms with Gasteiger partial charge in [-0.25, -0.2) is 13.8 Å². The molecule has 4 bridgehead atoms. The van der Waals surface area contributed by atoms with E-state index >= 15 is 19.2 Å². The van der Waals surface area contributed by atoms with E-state index in [0.717, 1.165) is 0 Å². The van der Waals surface area contributed by atoms with Crippen LogP contribution in [0.5, 0.6) is 5.75 Å². The van der Waals surface area contributed by atoms with Gasteiger partial charge in [-0.1, -0.05) is 24.3 Å². The molecule has 3 aromatic heterocycles. The normalized spacial score (nSPS) is 24.2. The lowest BCUT2D eigenvalue weighted by Crippen LogP contribution is -2.63. The first-order chi connectivity index (χ1) is 46.9. The molecule has 7 aromatic rings. The van der Waals surface area contributed by atoms with Gasteiger partial charge in [-0.3, -0.25) is 52.7 Å². The second-order valence-electron chi connectivity index (χ2n) is 25.7. The van der Waals surface area contributed by atoms with Crippen molar-refractivity contribution in [1.29, 1.82) is 0 Å². The summed E-state index contributed by atoms with van der Waals surface area (Å²) < 4.78 is 35.2. The Morgan fingerprint density at radius 1 is 0.673 bits per heavy atom. The van der Waals surface area contributed by atoms with Crippen molar-refractivity contribution >= 4 is 86.7 Å². The van der Waals surface area contributed by atoms with Crippen LogP contribution in [-0.4, -0.2) is 168 Å². The number of imidazole rings is 1. The molecule has 26 nitrogen and oxygen atoms in total. The van der Waals surface area contributed by atoms with Gasteiger partial charge in [0.05, 0.1) is 31.8 Å². The fraction of sp³-hybridized carbons (Fsp3) is 0.400. The monoisotopic (exact) mass is 1350 g/mol. The highest BCUT2D eigenvalue weighted by molar-refractivity contribution is 6.01. The maximum absolute atomic E-state index is 15.3. The average Bonchev–Trinajstić information content (AvgIpc) is 1.57. The number of hydrogen-bond acceptors (Lipinski definition) is 13. The summed E-state index contributed by atoms with van der Waals surface area (Å²) in [6, 6.07) is 12.1. The van der Waals surface area contributed by atoms with E-state index < -0.39 is 131 Å². The van der Waals surface area contributed by atoms with Gasteiger partial charge in [0.25, 0.3) is 5.91 Å². The molecule has 2 fully saturated rings. The molecule has 8 heterocycles. The number of carbonyl (C=O) groups excluding carboxylic acids is 10. The van der Waals surface area contributed by atoms with Gasteiger partial charge >= 0.3 is 5.97 Å². The maximum atomic E-state index is 15.3. The Kier molecular flexibility index (Phi) is 22.1. The van der Waals surface area contributed by atoms with Crippen LogP contribution in [0.4, 0.5) is 8.78 Å². The fourth-order valence-corrected chi connectivity index (χ4v) is 13.2. The Morgan fingerprint density at radius 3 is 1.88 bits per heavy atom. The number of nitrogens with zero attached hydrogens (tertiary/aromatic N) is 3. The van der Waals surface area contributed by atoms with Crippen molar-refractivity contribution in [1.82, 2.24) is 61.6 Å². The van der Waals surface area contributed by atoms with Crippen LogP contribution in [0.2, 0.25) is 0 Å². The van der Waals surface area contributed by atoms with Gasteiger partial charge < -0.3 is 72.2 Å². The standard InChI is InChI=1S/C70H79F2N13O13/c1-38-63(91)80-56(28-45-35-76-53-17-13-47(72)32-51(45)53)65(93)79-54(27-44-34-75-52-16-12-46(71)31-50(44)52)59(86)29-43(30-61(88)89)64(92)81-57(33-48-36-74-37-77-48)66(94)82-58(26-41-7-14-49(98-3)15-8-41)68(96)85-22-4-21-70(85,2)69(97)83-55(62(73)90)25-40-5-10-42(11-6-40)67(95)84-23-19-39(20-24-84)9-18-60(87)78-38/h5-8,10-17,31-32,34-39,43,54-58,75-76H,4,9,18-30,33H2,1-3H3,(H2,73,90)(H,74,77)(H,78,87)(H,79,93)(H,80,91)(H,81,92)(H,82,94)(H,83,97)(H,88,89)/t38-,43+,54+,55+,56+,57+,58+,70+/m1/s1. The summed E-state index contributed by atoms with van der Waals surface area (Å²) in [5.41, 5.74) is 7.66. The molecule has 98 heavy (non-hydrogen) atoms. The maximum Gasteiger partial charge on any atom is 0.304 e. The van der Waals surface area contributed by atoms with Gasteiger partial charge in [0.15, 0.2) is 5.78 Å². The fourth-order valence-electron chi connectivity index (χ4n) is 13.2. The summed E-state index contributed by atoms with van der Waals surface area (Å²) in [6.45, 7) is 3.74. The topological polar surface area (TPSA) is 382 Å². The average molecular weight is 1350 g/mol. The molecule has 0 aliphatic carbocycles. The Hall–Kier alpha value is -10.8. The predicted octanol–water partition coefficient (Wildman–Crippen LogP) is 3.66. The summed E-state index contributed by atoms with van der Waals surface area (Å²) in [5.74, 6) is -11.8. The van der Waals surface area contributed by atoms with Crippen LogP contribution in [0.3, 0.4) is 0 Å². The highest BCUT2D eigenvalue weighted by Gasteiger charge is 2.49. The van der Waals surface area contributed by atoms with E-state index in [1.807, 2.05) is 0 Å². The molecule has 8 atom stereocenters. The van der Waals surface area contributed by atoms with Crippen LogP contribution in [0.15, 0.2) is 110 Å². The van der Waals surface area contributed by atoms with Crippen molar-refractivity contribution in [2.24, 2.45) is 17.6 Å². The number of aliphatic carboxylic acids is 1. The van der Waals surface area contributed by atoms with Crippen molar-refractivity contribution in [3.8, 4) is 5.75 Å². The molecule has 9 amide bonds. The summed E-state index contributed by atoms with van der Waals surface area (Å²) in [6.07, 6.45) is 4.51. The minimum atomic E-state index is -1.77. The van der Waals surface area contributed by atoms with E-state index in [1.54, 1.807) is 53.4 Å². The summed E-state index contributed by atoms with van der Waals surface area (Å²) in [5, 5.41) is 27.3. The first kappa shape index (κ1) is 70.0. The highest BCUT2D eigenvalue weighted by Crippen LogP contribution is 2.32. The van der Waals surface area contributed by atoms with Gasteiger partial charge in [0.2, 0.25) is 47.3 Å². The Morgan fingerprint density at radius 2 is 1.28 bits per heavy atom. The van der Waals surface area contributed by atoms with E-state index in [9.17, 15) is 47.4 Å². The van der Waals surface area contributed by atoms with Gasteiger partial charge in [0.1, 0.15) is 53.1 Å². The lowest BCUT2D eigenvalue weighted by molar-refractivity contribution is -0.147. The Labute approximate surface area is 561 Å². The SMILES string of the molecule is COc1ccc(C[C@@H]2NC(=O)[C@H](Cc3cnc[nH]3)NC(=O)[C@H](CC(=O)O)CC(=O)[C@H](Cc3c[nH]c4ccc(F)cc34)NC(=O)[C@H](Cc3c[nH]c4ccc(F)cc34)NC(=O)[C@@H](C)NC(=O)CCC3CCN(CC3)C(=O)c3ccc(cc3)C[C@@H](C(N)=O)NC(=O)[C@]3(C)CCCN3C2=O)cc1. The summed E-state index contributed by atoms with van der Waals surface area (Å²) in [4.78, 5) is 174. The molecule has 5 aliphatic rings. The number of carboxylic acid groups (broad SMARTS) is 1. The van der Waals surface area contributed by atoms with Crippen LogP contribution < -0.4 is 42.4 Å². The van der Waals surface area contributed by atoms with E-state index in [1.165, 1.54) is 87.2 Å². The number of amides is 9. The number of hydrogen-bond donors (Lipinski definition) is 11. The third kappa shape index (κ3) is 17.1. The van der Waals surface area contributed by atoms with Crippen molar-refractivity contribution in [2.75, 3.05) is 26.7 Å². The third-order valence-corrected chi connectivity index (χ3v) is 18.8. The number of ketones is 1. The van der Waals surface area contributed by atoms with Crippen LogP contribution in [0, 0.1) is 23.5 Å². The van der Waals surface area contributed by atoms with E-state index in [0.29, 0.717) is 99.8 Å². The molecule has 5 aliphatic heterocycles. The number of methoxy groups -OCH3 is 1. The number of nitrogens with two attached hydrogens (primary N) is 1. The molecular formula is C70H79F2N13O13. The Balaban J connectivity index is 0.994. The van der Waals surface area contributed by atoms with Crippen LogP contribution in [0.1, 0.15) is 104 Å². The second-order valence-corrected chi connectivity index (χ2v) is 25.7. The molecule has 0 unspecified atom stereocenters. The van der Waals surface area contributed by atoms with Crippen LogP contribution >= 0.6 is 0 Å². The molecule has 0 spiro atoms. The molecule has 0 radical (unpaired) electrons. The third-order valence-electron chi connectivity index (χ3n) is 18.8. The van der Waals surface area contributed by atoms with E-state index in [2.05, 4.69) is 51.8 Å². The molecule has 0 saturated carbocycles. The number of aromatic amines is 3. The van der Waals surface area contributed by atoms with Crippen LogP contribution in [0.25, 0.3) is 21.8 Å². The van der Waals surface area contributed by atoms with Gasteiger partial charge in [-0.05, 0) is 135 Å². The molecule has 28 heteroatoms. The second kappa shape index (κ2) is 30.9. The molecular weight excluding hydrogens is 1270 g/mol. The number of carbonyl (C=O) groups is 11. The van der Waals surface area contributed by atoms with Crippen LogP contribution in [-0.2, 0) is 80.0 Å². The lowest BCUT2D eigenvalue weighted by atomic mass is 9.91. The zero-order valence-corrected chi connectivity index (χ0v) is 54.3. The minimum Gasteiger partial charge on any atom is -0.497 e. The zero-order chi connectivity index (χ0) is 69.9. The van der Waals surface area contributed by atoms with E-state index in [4.69, 9.17) is 10.5 Å². The number of benzene rings is 4. The number of Topliss-reactive ketones (excluding diaryl/α,β-unsaturated/α-hetero) is 1. The first-order valence-electron chi connectivity index (χ1n) is 32.6. The lowest BCUT2D eigenvalue weighted by Gasteiger charge is -2.37. The number of piperidine rings is 1. The van der Waals surface area contributed by atoms with E-state index in [-0.39, 0.29) is 63.3 Å². The summed E-state index contributed by atoms with van der Waals surface area (Å²) >= 11 is 0. The molecule has 2 saturated heterocycles. The largest absolute Gasteiger partial charge is 0.497 e. The smallest absolute Gasteiger partial charge is 0.304 e. The number of ether oxygens (including phenoxy) is 1. The zero-order valence-electron chi connectivity index (χ0n) is 54.3. The number of primary amides is 1.